The number of fused-ring (bicyclic) bond motifs is 1. The molecule has 7 heteroatoms. The van der Waals surface area contributed by atoms with Gasteiger partial charge in [0.05, 0.1) is 17.7 Å². The van der Waals surface area contributed by atoms with Crippen molar-refractivity contribution in [3.8, 4) is 5.75 Å². The molecule has 1 heterocycles. The minimum Gasteiger partial charge on any atom is -0.494 e. The lowest BCUT2D eigenvalue weighted by Crippen LogP contribution is -2.24. The Kier molecular flexibility index (Phi) is 6.56. The Morgan fingerprint density at radius 2 is 1.73 bits per heavy atom. The molecule has 0 fully saturated rings. The van der Waals surface area contributed by atoms with Gasteiger partial charge in [-0.3, -0.25) is 14.4 Å². The molecule has 3 aromatic carbocycles. The predicted octanol–water partition coefficient (Wildman–Crippen LogP) is 4.92. The monoisotopic (exact) mass is 460 g/mol. The van der Waals surface area contributed by atoms with Gasteiger partial charge in [-0.25, -0.2) is 0 Å². The molecule has 0 saturated heterocycles. The first kappa shape index (κ1) is 22.3. The standard InChI is InChI=1S/C26H21ClN2O4/c1-2-33-20-11-9-19(10-12-20)28-24(30)16-29-15-22(25(31)17-6-4-3-5-7-17)26(32)21-14-18(27)8-13-23(21)29/h3-15H,2,16H2,1H3,(H,28,30). The lowest BCUT2D eigenvalue weighted by molar-refractivity contribution is -0.116. The van der Waals surface area contributed by atoms with Crippen molar-refractivity contribution in [3.63, 3.8) is 0 Å². The topological polar surface area (TPSA) is 77.4 Å². The van der Waals surface area contributed by atoms with Gasteiger partial charge in [-0.05, 0) is 49.4 Å². The van der Waals surface area contributed by atoms with E-state index in [0.29, 0.717) is 34.1 Å². The largest absolute Gasteiger partial charge is 0.494 e. The zero-order valence-corrected chi connectivity index (χ0v) is 18.6. The average molecular weight is 461 g/mol. The third-order valence-electron chi connectivity index (χ3n) is 5.09. The van der Waals surface area contributed by atoms with Crippen LogP contribution < -0.4 is 15.5 Å². The zero-order chi connectivity index (χ0) is 23.4. The first-order chi connectivity index (χ1) is 16.0. The lowest BCUT2D eigenvalue weighted by atomic mass is 10.0. The first-order valence-corrected chi connectivity index (χ1v) is 10.8. The molecule has 0 radical (unpaired) electrons. The second-order valence-electron chi connectivity index (χ2n) is 7.36. The summed E-state index contributed by atoms with van der Waals surface area (Å²) in [4.78, 5) is 38.9. The van der Waals surface area contributed by atoms with E-state index in [0.717, 1.165) is 0 Å². The summed E-state index contributed by atoms with van der Waals surface area (Å²) in [5.41, 5.74) is 1.06. The second-order valence-corrected chi connectivity index (χ2v) is 7.80. The minimum absolute atomic E-state index is 0.0233. The predicted molar refractivity (Wildman–Crippen MR) is 129 cm³/mol. The number of anilines is 1. The maximum atomic E-state index is 13.1. The summed E-state index contributed by atoms with van der Waals surface area (Å²) < 4.78 is 7.00. The van der Waals surface area contributed by atoms with Crippen LogP contribution in [0.5, 0.6) is 5.75 Å². The van der Waals surface area contributed by atoms with Crippen LogP contribution in [0.15, 0.2) is 83.8 Å². The molecular formula is C26H21ClN2O4. The van der Waals surface area contributed by atoms with Crippen LogP contribution >= 0.6 is 11.6 Å². The summed E-state index contributed by atoms with van der Waals surface area (Å²) in [6.45, 7) is 2.36. The number of carbonyl (C=O) groups is 2. The molecular weight excluding hydrogens is 440 g/mol. The third kappa shape index (κ3) is 4.96. The normalized spacial score (nSPS) is 10.7. The molecule has 1 N–H and O–H groups in total. The van der Waals surface area contributed by atoms with Crippen LogP contribution in [-0.2, 0) is 11.3 Å². The Hall–Kier alpha value is -3.90. The maximum Gasteiger partial charge on any atom is 0.244 e. The third-order valence-corrected chi connectivity index (χ3v) is 5.32. The van der Waals surface area contributed by atoms with Gasteiger partial charge in [-0.1, -0.05) is 41.9 Å². The van der Waals surface area contributed by atoms with Crippen molar-refractivity contribution >= 4 is 39.9 Å². The Balaban J connectivity index is 1.69. The number of ether oxygens (including phenoxy) is 1. The van der Waals surface area contributed by atoms with Gasteiger partial charge in [-0.2, -0.15) is 0 Å². The molecule has 1 aromatic heterocycles. The summed E-state index contributed by atoms with van der Waals surface area (Å²) in [7, 11) is 0. The van der Waals surface area contributed by atoms with Crippen LogP contribution in [0.3, 0.4) is 0 Å². The van der Waals surface area contributed by atoms with Gasteiger partial charge < -0.3 is 14.6 Å². The van der Waals surface area contributed by atoms with Crippen LogP contribution in [0.2, 0.25) is 5.02 Å². The fraction of sp³-hybridized carbons (Fsp3) is 0.115. The number of ketones is 1. The molecule has 4 aromatic rings. The molecule has 4 rings (SSSR count). The number of amides is 1. The van der Waals surface area contributed by atoms with Crippen LogP contribution in [0.25, 0.3) is 10.9 Å². The molecule has 1 amide bonds. The number of pyridine rings is 1. The van der Waals surface area contributed by atoms with Crippen molar-refractivity contribution in [2.75, 3.05) is 11.9 Å². The zero-order valence-electron chi connectivity index (χ0n) is 17.9. The van der Waals surface area contributed by atoms with E-state index in [4.69, 9.17) is 16.3 Å². The van der Waals surface area contributed by atoms with Crippen LogP contribution in [-0.4, -0.2) is 22.9 Å². The van der Waals surface area contributed by atoms with Crippen molar-refractivity contribution in [1.82, 2.24) is 4.57 Å². The highest BCUT2D eigenvalue weighted by Gasteiger charge is 2.18. The number of hydrogen-bond donors (Lipinski definition) is 1. The number of nitrogens with one attached hydrogen (secondary N) is 1. The Morgan fingerprint density at radius 3 is 2.42 bits per heavy atom. The van der Waals surface area contributed by atoms with Crippen molar-refractivity contribution in [1.29, 1.82) is 0 Å². The Labute approximate surface area is 195 Å². The Morgan fingerprint density at radius 1 is 1.00 bits per heavy atom. The summed E-state index contributed by atoms with van der Waals surface area (Å²) in [6.07, 6.45) is 1.44. The summed E-state index contributed by atoms with van der Waals surface area (Å²) in [5.74, 6) is -0.0110. The highest BCUT2D eigenvalue weighted by Crippen LogP contribution is 2.20. The molecule has 0 atom stereocenters. The SMILES string of the molecule is CCOc1ccc(NC(=O)Cn2cc(C(=O)c3ccccc3)c(=O)c3cc(Cl)ccc32)cc1. The number of hydrogen-bond acceptors (Lipinski definition) is 4. The van der Waals surface area contributed by atoms with Crippen LogP contribution in [0.1, 0.15) is 22.8 Å². The fourth-order valence-corrected chi connectivity index (χ4v) is 3.74. The van der Waals surface area contributed by atoms with Crippen molar-refractivity contribution in [3.05, 3.63) is 105 Å². The van der Waals surface area contributed by atoms with Crippen LogP contribution in [0, 0.1) is 0 Å². The van der Waals surface area contributed by atoms with E-state index in [1.807, 2.05) is 6.92 Å². The summed E-state index contributed by atoms with van der Waals surface area (Å²) >= 11 is 6.12. The van der Waals surface area contributed by atoms with E-state index in [1.165, 1.54) is 12.3 Å². The number of nitrogens with zero attached hydrogens (tertiary/aromatic N) is 1. The molecule has 33 heavy (non-hydrogen) atoms. The van der Waals surface area contributed by atoms with Crippen molar-refractivity contribution in [2.24, 2.45) is 0 Å². The van der Waals surface area contributed by atoms with Gasteiger partial charge >= 0.3 is 0 Å². The molecule has 0 saturated carbocycles. The van der Waals surface area contributed by atoms with Crippen LogP contribution in [0.4, 0.5) is 5.69 Å². The highest BCUT2D eigenvalue weighted by atomic mass is 35.5. The molecule has 166 valence electrons. The smallest absolute Gasteiger partial charge is 0.244 e. The average Bonchev–Trinajstić information content (AvgIpc) is 2.82. The maximum absolute atomic E-state index is 13.1. The number of halogens is 1. The summed E-state index contributed by atoms with van der Waals surface area (Å²) in [5, 5.41) is 3.47. The number of benzene rings is 3. The molecule has 0 unspecified atom stereocenters. The van der Waals surface area contributed by atoms with Gasteiger partial charge in [-0.15, -0.1) is 0 Å². The molecule has 0 bridgehead atoms. The molecule has 0 aliphatic rings. The van der Waals surface area contributed by atoms with E-state index in [-0.39, 0.29) is 23.4 Å². The van der Waals surface area contributed by atoms with E-state index < -0.39 is 11.2 Å². The molecule has 0 spiro atoms. The number of aromatic nitrogens is 1. The number of carbonyl (C=O) groups excluding carboxylic acids is 2. The van der Waals surface area contributed by atoms with Crippen molar-refractivity contribution in [2.45, 2.75) is 13.5 Å². The first-order valence-electron chi connectivity index (χ1n) is 10.4. The fourth-order valence-electron chi connectivity index (χ4n) is 3.56. The quantitative estimate of drug-likeness (QED) is 0.397. The van der Waals surface area contributed by atoms with Gasteiger partial charge in [0.2, 0.25) is 11.3 Å². The summed E-state index contributed by atoms with van der Waals surface area (Å²) in [6, 6.07) is 20.4. The highest BCUT2D eigenvalue weighted by molar-refractivity contribution is 6.31. The van der Waals surface area contributed by atoms with Gasteiger partial charge in [0.25, 0.3) is 0 Å². The van der Waals surface area contributed by atoms with Gasteiger partial charge in [0.15, 0.2) is 5.78 Å². The van der Waals surface area contributed by atoms with Gasteiger partial charge in [0.1, 0.15) is 12.3 Å². The molecule has 6 nitrogen and oxygen atoms in total. The van der Waals surface area contributed by atoms with E-state index in [2.05, 4.69) is 5.32 Å². The van der Waals surface area contributed by atoms with Crippen molar-refractivity contribution < 1.29 is 14.3 Å². The lowest BCUT2D eigenvalue weighted by Gasteiger charge is -2.14. The van der Waals surface area contributed by atoms with E-state index >= 15 is 0 Å². The minimum atomic E-state index is -0.426. The van der Waals surface area contributed by atoms with E-state index in [1.54, 1.807) is 71.3 Å². The van der Waals surface area contributed by atoms with Gasteiger partial charge in [0, 0.05) is 27.9 Å². The van der Waals surface area contributed by atoms with E-state index in [9.17, 15) is 14.4 Å². The second kappa shape index (κ2) is 9.71. The Bertz CT molecular complexity index is 1380. The molecule has 0 aliphatic carbocycles. The molecule has 0 aliphatic heterocycles. The number of rotatable bonds is 7.